The van der Waals surface area contributed by atoms with Crippen molar-refractivity contribution in [3.05, 3.63) is 29.8 Å². The molecule has 6 heteroatoms. The molecule has 0 spiro atoms. The Morgan fingerprint density at radius 1 is 1.19 bits per heavy atom. The third-order valence-corrected chi connectivity index (χ3v) is 6.27. The largest absolute Gasteiger partial charge is 0.351 e. The highest BCUT2D eigenvalue weighted by molar-refractivity contribution is 5.80. The lowest BCUT2D eigenvalue weighted by atomic mass is 9.84. The van der Waals surface area contributed by atoms with Crippen LogP contribution in [0.3, 0.4) is 0 Å². The van der Waals surface area contributed by atoms with Crippen molar-refractivity contribution in [2.75, 3.05) is 0 Å². The third-order valence-electron chi connectivity index (χ3n) is 6.27. The molecule has 0 saturated heterocycles. The number of hydrogen-bond acceptors (Lipinski definition) is 4. The minimum absolute atomic E-state index is 0.0341. The summed E-state index contributed by atoms with van der Waals surface area (Å²) in [5.41, 5.74) is 2.09. The summed E-state index contributed by atoms with van der Waals surface area (Å²) < 4.78 is 0. The van der Waals surface area contributed by atoms with Crippen LogP contribution >= 0.6 is 0 Å². The second-order valence-corrected chi connectivity index (χ2v) is 8.11. The molecular weight excluding hydrogens is 326 g/mol. The number of rotatable bonds is 5. The fourth-order valence-corrected chi connectivity index (χ4v) is 4.67. The van der Waals surface area contributed by atoms with Crippen LogP contribution < -0.4 is 5.32 Å². The number of tetrazole rings is 1. The number of carbonyl (C=O) groups excluding carboxylic acids is 1. The topological polar surface area (TPSA) is 72.7 Å². The Morgan fingerprint density at radius 2 is 1.96 bits per heavy atom. The number of nitrogens with zero attached hydrogens (tertiary/aromatic N) is 4. The number of fused-ring (bicyclic) bond motifs is 2. The van der Waals surface area contributed by atoms with Crippen LogP contribution in [0.15, 0.2) is 24.3 Å². The van der Waals surface area contributed by atoms with Crippen LogP contribution in [0.2, 0.25) is 0 Å². The lowest BCUT2D eigenvalue weighted by Gasteiger charge is -2.29. The predicted molar refractivity (Wildman–Crippen MR) is 99.2 cm³/mol. The molecule has 1 amide bonds. The van der Waals surface area contributed by atoms with Gasteiger partial charge in [0.2, 0.25) is 11.7 Å². The van der Waals surface area contributed by atoms with E-state index in [0.717, 1.165) is 17.4 Å². The second-order valence-electron chi connectivity index (χ2n) is 8.11. The van der Waals surface area contributed by atoms with E-state index in [9.17, 15) is 4.79 Å². The third kappa shape index (κ3) is 3.24. The first-order valence-corrected chi connectivity index (χ1v) is 9.68. The van der Waals surface area contributed by atoms with Crippen LogP contribution in [-0.4, -0.2) is 32.2 Å². The molecule has 2 fully saturated rings. The monoisotopic (exact) mass is 353 g/mol. The molecule has 4 rings (SSSR count). The number of aryl methyl sites for hydroxylation is 1. The van der Waals surface area contributed by atoms with Crippen LogP contribution in [-0.2, 0) is 4.79 Å². The summed E-state index contributed by atoms with van der Waals surface area (Å²) in [7, 11) is 0. The Hall–Kier alpha value is -2.24. The number of benzene rings is 1. The molecule has 2 saturated carbocycles. The van der Waals surface area contributed by atoms with Gasteiger partial charge in [-0.1, -0.05) is 36.2 Å². The maximum atomic E-state index is 12.7. The molecular formula is C20H27N5O. The van der Waals surface area contributed by atoms with E-state index in [1.165, 1.54) is 36.0 Å². The Morgan fingerprint density at radius 3 is 2.62 bits per heavy atom. The van der Waals surface area contributed by atoms with Crippen molar-refractivity contribution in [2.24, 2.45) is 17.8 Å². The molecule has 26 heavy (non-hydrogen) atoms. The highest BCUT2D eigenvalue weighted by Gasteiger charge is 2.42. The second kappa shape index (κ2) is 6.82. The van der Waals surface area contributed by atoms with Gasteiger partial charge in [-0.25, -0.2) is 0 Å². The fourth-order valence-electron chi connectivity index (χ4n) is 4.67. The molecule has 2 bridgehead atoms. The lowest BCUT2D eigenvalue weighted by Crippen LogP contribution is -2.43. The van der Waals surface area contributed by atoms with E-state index in [4.69, 9.17) is 0 Å². The molecule has 0 radical (unpaired) electrons. The maximum Gasteiger partial charge on any atom is 0.246 e. The molecule has 0 unspecified atom stereocenters. The molecule has 2 aliphatic rings. The Balaban J connectivity index is 1.40. The Kier molecular flexibility index (Phi) is 4.51. The summed E-state index contributed by atoms with van der Waals surface area (Å²) in [5.74, 6) is 2.81. The van der Waals surface area contributed by atoms with Crippen molar-refractivity contribution >= 4 is 5.91 Å². The zero-order chi connectivity index (χ0) is 18.3. The predicted octanol–water partition coefficient (Wildman–Crippen LogP) is 3.15. The summed E-state index contributed by atoms with van der Waals surface area (Å²) in [6, 6.07) is 7.71. The molecule has 1 heterocycles. The van der Waals surface area contributed by atoms with Gasteiger partial charge in [0, 0.05) is 11.6 Å². The summed E-state index contributed by atoms with van der Waals surface area (Å²) in [6.45, 7) is 6.00. The van der Waals surface area contributed by atoms with E-state index < -0.39 is 6.04 Å². The summed E-state index contributed by atoms with van der Waals surface area (Å²) in [4.78, 5) is 14.1. The average Bonchev–Trinajstić information content (AvgIpc) is 3.38. The van der Waals surface area contributed by atoms with Gasteiger partial charge in [0.1, 0.15) is 6.04 Å². The smallest absolute Gasteiger partial charge is 0.246 e. The fraction of sp³-hybridized carbons (Fsp3) is 0.600. The highest BCUT2D eigenvalue weighted by atomic mass is 16.2. The molecule has 6 nitrogen and oxygen atoms in total. The number of nitrogens with one attached hydrogen (secondary N) is 1. The van der Waals surface area contributed by atoms with Gasteiger partial charge in [0.05, 0.1) is 0 Å². The Labute approximate surface area is 154 Å². The van der Waals surface area contributed by atoms with Gasteiger partial charge in [0.25, 0.3) is 0 Å². The molecule has 0 aliphatic heterocycles. The molecule has 1 aromatic heterocycles. The van der Waals surface area contributed by atoms with Crippen molar-refractivity contribution in [2.45, 2.75) is 58.5 Å². The number of amides is 1. The summed E-state index contributed by atoms with van der Waals surface area (Å²) >= 11 is 0. The maximum absolute atomic E-state index is 12.7. The first kappa shape index (κ1) is 17.2. The molecule has 1 aromatic carbocycles. The van der Waals surface area contributed by atoms with Gasteiger partial charge in [-0.2, -0.15) is 4.80 Å². The minimum atomic E-state index is -0.470. The minimum Gasteiger partial charge on any atom is -0.351 e. The normalized spacial score (nSPS) is 26.7. The van der Waals surface area contributed by atoms with Gasteiger partial charge in [0.15, 0.2) is 0 Å². The molecule has 2 aliphatic carbocycles. The van der Waals surface area contributed by atoms with Gasteiger partial charge < -0.3 is 5.32 Å². The van der Waals surface area contributed by atoms with Crippen molar-refractivity contribution in [3.8, 4) is 11.4 Å². The number of hydrogen-bond donors (Lipinski definition) is 1. The van der Waals surface area contributed by atoms with Gasteiger partial charge in [-0.15, -0.1) is 10.2 Å². The standard InChI is InChI=1S/C20H27N5O/c1-12-4-7-16(8-5-12)19-22-24-25(23-19)14(3)20(26)21-13(2)18-11-15-6-9-17(18)10-15/h4-5,7-8,13-15,17-18H,6,9-11H2,1-3H3,(H,21,26)/t13-,14+,15-,17-,18-/m0/s1. The first-order valence-electron chi connectivity index (χ1n) is 9.68. The van der Waals surface area contributed by atoms with Crippen molar-refractivity contribution < 1.29 is 4.79 Å². The van der Waals surface area contributed by atoms with Crippen molar-refractivity contribution in [3.63, 3.8) is 0 Å². The quantitative estimate of drug-likeness (QED) is 0.896. The zero-order valence-corrected chi connectivity index (χ0v) is 15.7. The van der Waals surface area contributed by atoms with Crippen molar-refractivity contribution in [1.29, 1.82) is 0 Å². The molecule has 5 atom stereocenters. The van der Waals surface area contributed by atoms with Crippen LogP contribution in [0.25, 0.3) is 11.4 Å². The van der Waals surface area contributed by atoms with E-state index in [-0.39, 0.29) is 11.9 Å². The number of aromatic nitrogens is 4. The van der Waals surface area contributed by atoms with E-state index in [1.807, 2.05) is 38.1 Å². The lowest BCUT2D eigenvalue weighted by molar-refractivity contribution is -0.125. The molecule has 138 valence electrons. The van der Waals surface area contributed by atoms with Crippen molar-refractivity contribution in [1.82, 2.24) is 25.5 Å². The van der Waals surface area contributed by atoms with Gasteiger partial charge in [-0.05, 0) is 63.0 Å². The summed E-state index contributed by atoms with van der Waals surface area (Å²) in [5, 5.41) is 15.8. The van der Waals surface area contributed by atoms with Crippen LogP contribution in [0.4, 0.5) is 0 Å². The number of carbonyl (C=O) groups is 1. The van der Waals surface area contributed by atoms with Crippen LogP contribution in [0, 0.1) is 24.7 Å². The van der Waals surface area contributed by atoms with Crippen LogP contribution in [0.1, 0.15) is 51.1 Å². The van der Waals surface area contributed by atoms with Gasteiger partial charge >= 0.3 is 0 Å². The first-order chi connectivity index (χ1) is 12.5. The van der Waals surface area contributed by atoms with E-state index >= 15 is 0 Å². The van der Waals surface area contributed by atoms with E-state index in [0.29, 0.717) is 11.7 Å². The SMILES string of the molecule is Cc1ccc(-c2nnn([C@H](C)C(=O)N[C@@H](C)[C@@H]3C[C@H]4CC[C@H]3C4)n2)cc1. The van der Waals surface area contributed by atoms with Gasteiger partial charge in [-0.3, -0.25) is 4.79 Å². The summed E-state index contributed by atoms with van der Waals surface area (Å²) in [6.07, 6.45) is 5.32. The Bertz CT molecular complexity index is 784. The molecule has 2 aromatic rings. The molecule has 1 N–H and O–H groups in total. The average molecular weight is 353 g/mol. The highest BCUT2D eigenvalue weighted by Crippen LogP contribution is 2.49. The van der Waals surface area contributed by atoms with E-state index in [2.05, 4.69) is 27.7 Å². The van der Waals surface area contributed by atoms with Crippen LogP contribution in [0.5, 0.6) is 0 Å². The zero-order valence-electron chi connectivity index (χ0n) is 15.7. The van der Waals surface area contributed by atoms with E-state index in [1.54, 1.807) is 0 Å².